The highest BCUT2D eigenvalue weighted by Crippen LogP contribution is 2.25. The van der Waals surface area contributed by atoms with Crippen molar-refractivity contribution in [3.05, 3.63) is 52.6 Å². The molecule has 0 saturated carbocycles. The van der Waals surface area contributed by atoms with Crippen LogP contribution in [-0.4, -0.2) is 17.5 Å². The Kier molecular flexibility index (Phi) is 4.64. The number of amides is 1. The van der Waals surface area contributed by atoms with E-state index in [4.69, 9.17) is 20.8 Å². The Bertz CT molecular complexity index is 815. The van der Waals surface area contributed by atoms with Crippen LogP contribution in [0, 0.1) is 6.92 Å². The van der Waals surface area contributed by atoms with Gasteiger partial charge in [-0.25, -0.2) is 4.98 Å². The summed E-state index contributed by atoms with van der Waals surface area (Å²) in [4.78, 5) is 16.2. The number of furan rings is 1. The molecule has 0 fully saturated rings. The number of nitrogens with one attached hydrogen (secondary N) is 1. The Morgan fingerprint density at radius 3 is 3.04 bits per heavy atom. The maximum atomic E-state index is 11.9. The summed E-state index contributed by atoms with van der Waals surface area (Å²) in [5.41, 5.74) is 1.58. The molecule has 1 aromatic carbocycles. The zero-order chi connectivity index (χ0) is 16.2. The molecule has 1 N–H and O–H groups in total. The maximum Gasteiger partial charge on any atom is 0.264 e. The van der Waals surface area contributed by atoms with Crippen LogP contribution < -0.4 is 10.1 Å². The normalized spacial score (nSPS) is 10.5. The molecule has 2 aromatic heterocycles. The van der Waals surface area contributed by atoms with E-state index in [9.17, 15) is 4.79 Å². The molecule has 0 aliphatic carbocycles. The van der Waals surface area contributed by atoms with Gasteiger partial charge in [0.1, 0.15) is 11.4 Å². The molecule has 5 nitrogen and oxygen atoms in total. The van der Waals surface area contributed by atoms with Crippen LogP contribution in [0.25, 0.3) is 11.5 Å². The van der Waals surface area contributed by atoms with Crippen LogP contribution in [0.15, 0.2) is 46.4 Å². The lowest BCUT2D eigenvalue weighted by molar-refractivity contribution is -0.118. The maximum absolute atomic E-state index is 11.9. The van der Waals surface area contributed by atoms with Crippen LogP contribution in [0.5, 0.6) is 5.75 Å². The summed E-state index contributed by atoms with van der Waals surface area (Å²) in [6.07, 6.45) is 1.58. The van der Waals surface area contributed by atoms with E-state index in [1.165, 1.54) is 11.3 Å². The summed E-state index contributed by atoms with van der Waals surface area (Å²) in [5.74, 6) is 0.977. The number of carbonyl (C=O) groups excluding carboxylic acids is 1. The molecule has 2 heterocycles. The number of nitrogens with zero attached hydrogens (tertiary/aromatic N) is 1. The number of halogens is 1. The average molecular weight is 349 g/mol. The smallest absolute Gasteiger partial charge is 0.264 e. The monoisotopic (exact) mass is 348 g/mol. The first-order valence-corrected chi connectivity index (χ1v) is 8.06. The minimum atomic E-state index is -0.280. The number of anilines is 1. The Morgan fingerprint density at radius 2 is 2.30 bits per heavy atom. The van der Waals surface area contributed by atoms with Crippen molar-refractivity contribution in [1.29, 1.82) is 0 Å². The van der Waals surface area contributed by atoms with Crippen LogP contribution in [0.3, 0.4) is 0 Å². The highest BCUT2D eigenvalue weighted by Gasteiger charge is 2.10. The van der Waals surface area contributed by atoms with Crippen molar-refractivity contribution >= 4 is 34.0 Å². The quantitative estimate of drug-likeness (QED) is 0.743. The van der Waals surface area contributed by atoms with Gasteiger partial charge in [0.05, 0.1) is 6.26 Å². The molecule has 118 valence electrons. The van der Waals surface area contributed by atoms with Gasteiger partial charge in [0.25, 0.3) is 5.91 Å². The molecule has 23 heavy (non-hydrogen) atoms. The average Bonchev–Trinajstić information content (AvgIpc) is 3.19. The van der Waals surface area contributed by atoms with E-state index < -0.39 is 0 Å². The van der Waals surface area contributed by atoms with Gasteiger partial charge in [0.15, 0.2) is 17.5 Å². The molecule has 3 aromatic rings. The topological polar surface area (TPSA) is 64.4 Å². The van der Waals surface area contributed by atoms with Crippen LogP contribution in [0.4, 0.5) is 5.13 Å². The lowest BCUT2D eigenvalue weighted by Crippen LogP contribution is -2.20. The first-order chi connectivity index (χ1) is 11.1. The fourth-order valence-electron chi connectivity index (χ4n) is 1.88. The first kappa shape index (κ1) is 15.6. The van der Waals surface area contributed by atoms with Gasteiger partial charge in [-0.2, -0.15) is 0 Å². The highest BCUT2D eigenvalue weighted by molar-refractivity contribution is 7.14. The van der Waals surface area contributed by atoms with Gasteiger partial charge in [0.2, 0.25) is 0 Å². The fraction of sp³-hybridized carbons (Fsp3) is 0.125. The predicted molar refractivity (Wildman–Crippen MR) is 90.1 cm³/mol. The van der Waals surface area contributed by atoms with Gasteiger partial charge in [-0.15, -0.1) is 11.3 Å². The van der Waals surface area contributed by atoms with Crippen LogP contribution in [-0.2, 0) is 4.79 Å². The minimum Gasteiger partial charge on any atom is -0.484 e. The van der Waals surface area contributed by atoms with Crippen molar-refractivity contribution in [3.8, 4) is 17.2 Å². The SMILES string of the molecule is Cc1cc(OCC(=O)Nc2nc(-c3ccco3)cs2)ccc1Cl. The second-order valence-electron chi connectivity index (χ2n) is 4.76. The Hall–Kier alpha value is -2.31. The summed E-state index contributed by atoms with van der Waals surface area (Å²) >= 11 is 7.27. The van der Waals surface area contributed by atoms with Gasteiger partial charge in [0, 0.05) is 10.4 Å². The number of benzene rings is 1. The predicted octanol–water partition coefficient (Wildman–Crippen LogP) is 4.38. The lowest BCUT2D eigenvalue weighted by atomic mass is 10.2. The molecule has 0 aliphatic heterocycles. The van der Waals surface area contributed by atoms with Crippen LogP contribution >= 0.6 is 22.9 Å². The number of aromatic nitrogens is 1. The van der Waals surface area contributed by atoms with Gasteiger partial charge in [-0.3, -0.25) is 10.1 Å². The molecule has 0 bridgehead atoms. The zero-order valence-electron chi connectivity index (χ0n) is 12.2. The molecule has 0 unspecified atom stereocenters. The van der Waals surface area contributed by atoms with Gasteiger partial charge in [-0.05, 0) is 42.8 Å². The number of hydrogen-bond donors (Lipinski definition) is 1. The van der Waals surface area contributed by atoms with Crippen molar-refractivity contribution in [3.63, 3.8) is 0 Å². The summed E-state index contributed by atoms with van der Waals surface area (Å²) in [6.45, 7) is 1.78. The van der Waals surface area contributed by atoms with E-state index >= 15 is 0 Å². The molecule has 0 aliphatic rings. The number of ether oxygens (including phenoxy) is 1. The number of thiazole rings is 1. The molecule has 0 radical (unpaired) electrons. The Morgan fingerprint density at radius 1 is 1.43 bits per heavy atom. The van der Waals surface area contributed by atoms with Gasteiger partial charge < -0.3 is 9.15 Å². The fourth-order valence-corrected chi connectivity index (χ4v) is 2.71. The van der Waals surface area contributed by atoms with E-state index in [1.807, 2.05) is 18.4 Å². The molecular weight excluding hydrogens is 336 g/mol. The Labute approximate surface area is 141 Å². The number of aryl methyl sites for hydroxylation is 1. The lowest BCUT2D eigenvalue weighted by Gasteiger charge is -2.07. The van der Waals surface area contributed by atoms with E-state index in [1.54, 1.807) is 30.5 Å². The minimum absolute atomic E-state index is 0.100. The first-order valence-electron chi connectivity index (χ1n) is 6.80. The third-order valence-corrected chi connectivity index (χ3v) is 4.21. The second kappa shape index (κ2) is 6.85. The van der Waals surface area contributed by atoms with Crippen molar-refractivity contribution in [1.82, 2.24) is 4.98 Å². The third kappa shape index (κ3) is 3.91. The second-order valence-corrected chi connectivity index (χ2v) is 6.03. The van der Waals surface area contributed by atoms with E-state index in [0.29, 0.717) is 27.4 Å². The molecule has 0 saturated heterocycles. The van der Waals surface area contributed by atoms with Gasteiger partial charge >= 0.3 is 0 Å². The number of carbonyl (C=O) groups is 1. The van der Waals surface area contributed by atoms with Crippen molar-refractivity contribution in [2.75, 3.05) is 11.9 Å². The standard InChI is InChI=1S/C16H13ClN2O3S/c1-10-7-11(4-5-12(10)17)22-8-15(20)19-16-18-13(9-23-16)14-3-2-6-21-14/h2-7,9H,8H2,1H3,(H,18,19,20). The van der Waals surface area contributed by atoms with Gasteiger partial charge in [-0.1, -0.05) is 11.6 Å². The van der Waals surface area contributed by atoms with Crippen LogP contribution in [0.2, 0.25) is 5.02 Å². The largest absolute Gasteiger partial charge is 0.484 e. The van der Waals surface area contributed by atoms with E-state index in [-0.39, 0.29) is 12.5 Å². The summed E-state index contributed by atoms with van der Waals surface area (Å²) in [7, 11) is 0. The van der Waals surface area contributed by atoms with Crippen molar-refractivity contribution in [2.45, 2.75) is 6.92 Å². The van der Waals surface area contributed by atoms with E-state index in [2.05, 4.69) is 10.3 Å². The molecule has 1 amide bonds. The van der Waals surface area contributed by atoms with Crippen molar-refractivity contribution < 1.29 is 13.9 Å². The highest BCUT2D eigenvalue weighted by atomic mass is 35.5. The zero-order valence-corrected chi connectivity index (χ0v) is 13.8. The number of rotatable bonds is 5. The number of hydrogen-bond acceptors (Lipinski definition) is 5. The molecule has 0 atom stereocenters. The molecule has 0 spiro atoms. The molecular formula is C16H13ClN2O3S. The van der Waals surface area contributed by atoms with E-state index in [0.717, 1.165) is 5.56 Å². The molecule has 3 rings (SSSR count). The summed E-state index contributed by atoms with van der Waals surface area (Å²) in [6, 6.07) is 8.84. The third-order valence-electron chi connectivity index (χ3n) is 3.02. The summed E-state index contributed by atoms with van der Waals surface area (Å²) < 4.78 is 10.7. The van der Waals surface area contributed by atoms with Crippen molar-refractivity contribution in [2.24, 2.45) is 0 Å². The summed E-state index contributed by atoms with van der Waals surface area (Å²) in [5, 5.41) is 5.67. The van der Waals surface area contributed by atoms with Crippen LogP contribution in [0.1, 0.15) is 5.56 Å². The Balaban J connectivity index is 1.56. The molecule has 7 heteroatoms.